The van der Waals surface area contributed by atoms with Crippen LogP contribution in [-0.4, -0.2) is 24.0 Å². The molecule has 2 rings (SSSR count). The highest BCUT2D eigenvalue weighted by atomic mass is 32.1. The average Bonchev–Trinajstić information content (AvgIpc) is 2.96. The van der Waals surface area contributed by atoms with Crippen molar-refractivity contribution in [3.63, 3.8) is 0 Å². The molecule has 0 saturated carbocycles. The minimum atomic E-state index is -0.0461. The molecule has 2 N–H and O–H groups in total. The maximum absolute atomic E-state index is 12.8. The Bertz CT molecular complexity index is 609. The lowest BCUT2D eigenvalue weighted by Crippen LogP contribution is -2.36. The van der Waals surface area contributed by atoms with E-state index in [9.17, 15) is 4.79 Å². The second-order valence-electron chi connectivity index (χ2n) is 5.07. The van der Waals surface area contributed by atoms with Crippen LogP contribution < -0.4 is 10.5 Å². The van der Waals surface area contributed by atoms with Gasteiger partial charge in [0.25, 0.3) is 5.91 Å². The highest BCUT2D eigenvalue weighted by Crippen LogP contribution is 2.25. The molecule has 0 saturated heterocycles. The fraction of sp³-hybridized carbons (Fsp3) is 0.312. The number of ether oxygens (including phenoxy) is 1. The molecule has 1 heterocycles. The molecule has 2 aromatic rings. The third kappa shape index (κ3) is 3.55. The first-order chi connectivity index (χ1) is 10.0. The summed E-state index contributed by atoms with van der Waals surface area (Å²) in [6.07, 6.45) is 0. The number of anilines is 1. The van der Waals surface area contributed by atoms with Crippen LogP contribution in [0.15, 0.2) is 35.7 Å². The van der Waals surface area contributed by atoms with E-state index in [2.05, 4.69) is 0 Å². The van der Waals surface area contributed by atoms with E-state index in [1.165, 1.54) is 0 Å². The molecule has 1 aromatic carbocycles. The monoisotopic (exact) mass is 304 g/mol. The molecule has 4 nitrogen and oxygen atoms in total. The summed E-state index contributed by atoms with van der Waals surface area (Å²) in [4.78, 5) is 15.8. The van der Waals surface area contributed by atoms with Crippen LogP contribution in [0.4, 0.5) is 5.69 Å². The van der Waals surface area contributed by atoms with Gasteiger partial charge in [-0.05, 0) is 37.4 Å². The fourth-order valence-electron chi connectivity index (χ4n) is 2.10. The van der Waals surface area contributed by atoms with Crippen LogP contribution in [0.2, 0.25) is 0 Å². The molecule has 1 aromatic heterocycles. The summed E-state index contributed by atoms with van der Waals surface area (Å²) in [5.41, 5.74) is 6.87. The number of thiophene rings is 1. The van der Waals surface area contributed by atoms with Crippen LogP contribution in [0.1, 0.15) is 29.1 Å². The standard InChI is InChI=1S/C16H20N2O2S/c1-11(2)18(10-13-5-4-8-21-13)16(19)14-7-6-12(17)9-15(14)20-3/h4-9,11H,10,17H2,1-3H3. The van der Waals surface area contributed by atoms with Crippen molar-refractivity contribution in [2.24, 2.45) is 0 Å². The van der Waals surface area contributed by atoms with Gasteiger partial charge in [0.05, 0.1) is 19.2 Å². The van der Waals surface area contributed by atoms with Crippen molar-refractivity contribution >= 4 is 22.9 Å². The number of nitrogen functional groups attached to an aromatic ring is 1. The van der Waals surface area contributed by atoms with E-state index >= 15 is 0 Å². The normalized spacial score (nSPS) is 10.7. The first-order valence-corrected chi connectivity index (χ1v) is 7.67. The lowest BCUT2D eigenvalue weighted by Gasteiger charge is -2.27. The zero-order valence-corrected chi connectivity index (χ0v) is 13.3. The second-order valence-corrected chi connectivity index (χ2v) is 6.10. The van der Waals surface area contributed by atoms with Gasteiger partial charge in [0, 0.05) is 22.7 Å². The largest absolute Gasteiger partial charge is 0.496 e. The Labute approximate surface area is 129 Å². The first kappa shape index (κ1) is 15.4. The maximum Gasteiger partial charge on any atom is 0.258 e. The lowest BCUT2D eigenvalue weighted by atomic mass is 10.1. The van der Waals surface area contributed by atoms with Crippen molar-refractivity contribution in [2.75, 3.05) is 12.8 Å². The van der Waals surface area contributed by atoms with E-state index in [1.54, 1.807) is 36.6 Å². The van der Waals surface area contributed by atoms with E-state index in [1.807, 2.05) is 36.3 Å². The summed E-state index contributed by atoms with van der Waals surface area (Å²) >= 11 is 1.65. The molecule has 1 amide bonds. The maximum atomic E-state index is 12.8. The number of carbonyl (C=O) groups is 1. The molecule has 5 heteroatoms. The van der Waals surface area contributed by atoms with Gasteiger partial charge < -0.3 is 15.4 Å². The zero-order valence-electron chi connectivity index (χ0n) is 12.5. The van der Waals surface area contributed by atoms with Gasteiger partial charge in [0.2, 0.25) is 0 Å². The third-order valence-corrected chi connectivity index (χ3v) is 4.11. The highest BCUT2D eigenvalue weighted by Gasteiger charge is 2.22. The van der Waals surface area contributed by atoms with Crippen LogP contribution in [-0.2, 0) is 6.54 Å². The Morgan fingerprint density at radius 2 is 2.14 bits per heavy atom. The molecular formula is C16H20N2O2S. The van der Waals surface area contributed by atoms with Crippen LogP contribution in [0, 0.1) is 0 Å². The molecule has 0 aliphatic carbocycles. The summed E-state index contributed by atoms with van der Waals surface area (Å²) in [6.45, 7) is 4.62. The van der Waals surface area contributed by atoms with Crippen LogP contribution >= 0.6 is 11.3 Å². The Kier molecular flexibility index (Phi) is 4.85. The summed E-state index contributed by atoms with van der Waals surface area (Å²) in [7, 11) is 1.55. The molecule has 0 aliphatic heterocycles. The van der Waals surface area contributed by atoms with Crippen molar-refractivity contribution in [1.82, 2.24) is 4.90 Å². The Hall–Kier alpha value is -2.01. The smallest absolute Gasteiger partial charge is 0.258 e. The van der Waals surface area contributed by atoms with Crippen molar-refractivity contribution in [3.8, 4) is 5.75 Å². The Morgan fingerprint density at radius 1 is 1.38 bits per heavy atom. The molecule has 0 unspecified atom stereocenters. The first-order valence-electron chi connectivity index (χ1n) is 6.79. The Morgan fingerprint density at radius 3 is 2.71 bits per heavy atom. The van der Waals surface area contributed by atoms with Gasteiger partial charge >= 0.3 is 0 Å². The average molecular weight is 304 g/mol. The molecule has 0 atom stereocenters. The number of carbonyl (C=O) groups excluding carboxylic acids is 1. The molecular weight excluding hydrogens is 284 g/mol. The number of hydrogen-bond acceptors (Lipinski definition) is 4. The predicted molar refractivity (Wildman–Crippen MR) is 86.7 cm³/mol. The fourth-order valence-corrected chi connectivity index (χ4v) is 2.80. The number of benzene rings is 1. The van der Waals surface area contributed by atoms with Crippen LogP contribution in [0.3, 0.4) is 0 Å². The van der Waals surface area contributed by atoms with Gasteiger partial charge in [-0.3, -0.25) is 4.79 Å². The topological polar surface area (TPSA) is 55.6 Å². The molecule has 21 heavy (non-hydrogen) atoms. The number of nitrogens with zero attached hydrogens (tertiary/aromatic N) is 1. The van der Waals surface area contributed by atoms with Crippen molar-refractivity contribution < 1.29 is 9.53 Å². The lowest BCUT2D eigenvalue weighted by molar-refractivity contribution is 0.0689. The van der Waals surface area contributed by atoms with Gasteiger partial charge in [-0.15, -0.1) is 11.3 Å². The third-order valence-electron chi connectivity index (χ3n) is 3.25. The molecule has 112 valence electrons. The van der Waals surface area contributed by atoms with Crippen LogP contribution in [0.25, 0.3) is 0 Å². The SMILES string of the molecule is COc1cc(N)ccc1C(=O)N(Cc1cccs1)C(C)C. The van der Waals surface area contributed by atoms with Gasteiger partial charge in [0.1, 0.15) is 5.75 Å². The minimum absolute atomic E-state index is 0.0461. The van der Waals surface area contributed by atoms with Gasteiger partial charge in [-0.25, -0.2) is 0 Å². The number of amides is 1. The van der Waals surface area contributed by atoms with Crippen molar-refractivity contribution in [3.05, 3.63) is 46.2 Å². The molecule has 0 radical (unpaired) electrons. The molecule has 0 spiro atoms. The summed E-state index contributed by atoms with van der Waals surface area (Å²) in [6, 6.07) is 9.25. The predicted octanol–water partition coefficient (Wildman–Crippen LogP) is 3.39. The number of rotatable bonds is 5. The zero-order chi connectivity index (χ0) is 15.4. The summed E-state index contributed by atoms with van der Waals surface area (Å²) in [5, 5.41) is 2.02. The van der Waals surface area contributed by atoms with Gasteiger partial charge in [0.15, 0.2) is 0 Å². The molecule has 0 fully saturated rings. The van der Waals surface area contributed by atoms with E-state index in [4.69, 9.17) is 10.5 Å². The summed E-state index contributed by atoms with van der Waals surface area (Å²) < 4.78 is 5.29. The van der Waals surface area contributed by atoms with E-state index in [0.717, 1.165) is 4.88 Å². The molecule has 0 bridgehead atoms. The number of methoxy groups -OCH3 is 1. The van der Waals surface area contributed by atoms with Gasteiger partial charge in [-0.1, -0.05) is 6.07 Å². The van der Waals surface area contributed by atoms with E-state index < -0.39 is 0 Å². The number of hydrogen-bond donors (Lipinski definition) is 1. The van der Waals surface area contributed by atoms with E-state index in [-0.39, 0.29) is 11.9 Å². The minimum Gasteiger partial charge on any atom is -0.496 e. The highest BCUT2D eigenvalue weighted by molar-refractivity contribution is 7.09. The van der Waals surface area contributed by atoms with Crippen molar-refractivity contribution in [2.45, 2.75) is 26.4 Å². The number of nitrogens with two attached hydrogens (primary N) is 1. The Balaban J connectivity index is 2.30. The van der Waals surface area contributed by atoms with Crippen LogP contribution in [0.5, 0.6) is 5.75 Å². The van der Waals surface area contributed by atoms with Gasteiger partial charge in [-0.2, -0.15) is 0 Å². The van der Waals surface area contributed by atoms with Crippen molar-refractivity contribution in [1.29, 1.82) is 0 Å². The van der Waals surface area contributed by atoms with E-state index in [0.29, 0.717) is 23.5 Å². The second kappa shape index (κ2) is 6.63. The summed E-state index contributed by atoms with van der Waals surface area (Å²) in [5.74, 6) is 0.465. The molecule has 0 aliphatic rings. The quantitative estimate of drug-likeness (QED) is 0.861.